The predicted octanol–water partition coefficient (Wildman–Crippen LogP) is 2.22. The van der Waals surface area contributed by atoms with Crippen LogP contribution in [0.25, 0.3) is 10.3 Å². The average molecular weight is 358 g/mol. The number of ether oxygens (including phenoxy) is 1. The zero-order valence-corrected chi connectivity index (χ0v) is 15.3. The van der Waals surface area contributed by atoms with Gasteiger partial charge in [-0.1, -0.05) is 17.4 Å². The van der Waals surface area contributed by atoms with Gasteiger partial charge in [0.05, 0.1) is 29.6 Å². The highest BCUT2D eigenvalue weighted by Crippen LogP contribution is 2.29. The van der Waals surface area contributed by atoms with Gasteiger partial charge in [-0.25, -0.2) is 9.67 Å². The highest BCUT2D eigenvalue weighted by Gasteiger charge is 2.23. The molecule has 0 saturated carbocycles. The Hall–Kier alpha value is -2.03. The van der Waals surface area contributed by atoms with Gasteiger partial charge < -0.3 is 10.1 Å². The maximum atomic E-state index is 5.51. The number of fused-ring (bicyclic) bond motifs is 1. The Morgan fingerprint density at radius 1 is 1.36 bits per heavy atom. The van der Waals surface area contributed by atoms with Crippen LogP contribution in [0.5, 0.6) is 0 Å². The molecular weight excluding hydrogens is 336 g/mol. The first-order valence-corrected chi connectivity index (χ1v) is 9.30. The van der Waals surface area contributed by atoms with Crippen LogP contribution in [0, 0.1) is 6.92 Å². The van der Waals surface area contributed by atoms with Crippen LogP contribution in [0.3, 0.4) is 0 Å². The molecule has 0 bridgehead atoms. The van der Waals surface area contributed by atoms with Crippen LogP contribution in [-0.2, 0) is 11.8 Å². The van der Waals surface area contributed by atoms with Gasteiger partial charge in [0, 0.05) is 39.1 Å². The average Bonchev–Trinajstić information content (AvgIpc) is 3.18. The summed E-state index contributed by atoms with van der Waals surface area (Å²) in [5.74, 6) is 0. The largest absolute Gasteiger partial charge is 0.379 e. The Balaban J connectivity index is 1.54. The zero-order chi connectivity index (χ0) is 17.2. The summed E-state index contributed by atoms with van der Waals surface area (Å²) in [5, 5.41) is 8.88. The Morgan fingerprint density at radius 2 is 2.20 bits per heavy atom. The van der Waals surface area contributed by atoms with Gasteiger partial charge in [0.1, 0.15) is 0 Å². The highest BCUT2D eigenvalue weighted by atomic mass is 32.1. The van der Waals surface area contributed by atoms with Gasteiger partial charge in [0.15, 0.2) is 10.8 Å². The summed E-state index contributed by atoms with van der Waals surface area (Å²) < 4.78 is 8.49. The summed E-state index contributed by atoms with van der Waals surface area (Å²) in [5.41, 5.74) is 3.19. The van der Waals surface area contributed by atoms with Crippen LogP contribution < -0.4 is 5.32 Å². The molecule has 0 spiro atoms. The molecular formula is C17H22N6OS. The molecule has 0 amide bonds. The van der Waals surface area contributed by atoms with E-state index in [0.717, 1.165) is 54.0 Å². The number of nitrogens with zero attached hydrogens (tertiary/aromatic N) is 5. The summed E-state index contributed by atoms with van der Waals surface area (Å²) in [7, 11) is 1.94. The van der Waals surface area contributed by atoms with Crippen molar-refractivity contribution in [2.75, 3.05) is 38.2 Å². The molecule has 3 aromatic heterocycles. The minimum absolute atomic E-state index is 0.254. The summed E-state index contributed by atoms with van der Waals surface area (Å²) in [4.78, 5) is 11.4. The van der Waals surface area contributed by atoms with E-state index in [-0.39, 0.29) is 6.04 Å². The van der Waals surface area contributed by atoms with Crippen LogP contribution >= 0.6 is 11.3 Å². The molecule has 1 atom stereocenters. The molecule has 8 heteroatoms. The topological polar surface area (TPSA) is 68.1 Å². The van der Waals surface area contributed by atoms with E-state index in [1.807, 2.05) is 37.1 Å². The Morgan fingerprint density at radius 3 is 2.92 bits per heavy atom. The van der Waals surface area contributed by atoms with Gasteiger partial charge >= 0.3 is 0 Å². The van der Waals surface area contributed by atoms with Gasteiger partial charge in [-0.3, -0.25) is 9.88 Å². The van der Waals surface area contributed by atoms with Crippen molar-refractivity contribution in [2.24, 2.45) is 7.05 Å². The van der Waals surface area contributed by atoms with Crippen molar-refractivity contribution in [1.82, 2.24) is 24.6 Å². The molecule has 1 N–H and O–H groups in total. The maximum absolute atomic E-state index is 5.51. The van der Waals surface area contributed by atoms with Crippen molar-refractivity contribution >= 4 is 26.8 Å². The zero-order valence-electron chi connectivity index (χ0n) is 14.5. The summed E-state index contributed by atoms with van der Waals surface area (Å²) in [6, 6.07) is 4.39. The highest BCUT2D eigenvalue weighted by molar-refractivity contribution is 7.22. The first-order chi connectivity index (χ1) is 12.2. The summed E-state index contributed by atoms with van der Waals surface area (Å²) in [6.07, 6.45) is 3.77. The number of aromatic nitrogens is 4. The van der Waals surface area contributed by atoms with Gasteiger partial charge in [-0.15, -0.1) is 0 Å². The smallest absolute Gasteiger partial charge is 0.185 e. The molecule has 7 nitrogen and oxygen atoms in total. The van der Waals surface area contributed by atoms with Crippen molar-refractivity contribution in [3.8, 4) is 0 Å². The number of nitrogens with one attached hydrogen (secondary N) is 1. The molecule has 1 fully saturated rings. The minimum Gasteiger partial charge on any atom is -0.379 e. The second-order valence-electron chi connectivity index (χ2n) is 6.21. The lowest BCUT2D eigenvalue weighted by atomic mass is 10.1. The number of anilines is 1. The molecule has 0 radical (unpaired) electrons. The lowest BCUT2D eigenvalue weighted by Crippen LogP contribution is -2.41. The number of morpholine rings is 1. The molecule has 1 aliphatic heterocycles. The van der Waals surface area contributed by atoms with E-state index in [0.29, 0.717) is 0 Å². The van der Waals surface area contributed by atoms with Crippen LogP contribution in [0.4, 0.5) is 5.13 Å². The quantitative estimate of drug-likeness (QED) is 0.754. The number of thiazole rings is 1. The van der Waals surface area contributed by atoms with E-state index in [9.17, 15) is 0 Å². The van der Waals surface area contributed by atoms with Gasteiger partial charge in [0.2, 0.25) is 0 Å². The number of aryl methyl sites for hydroxylation is 2. The van der Waals surface area contributed by atoms with E-state index in [1.165, 1.54) is 5.56 Å². The fourth-order valence-electron chi connectivity index (χ4n) is 3.26. The minimum atomic E-state index is 0.254. The molecule has 0 aliphatic carbocycles. The van der Waals surface area contributed by atoms with Crippen LogP contribution in [0.2, 0.25) is 0 Å². The molecule has 0 aromatic carbocycles. The Bertz CT molecular complexity index is 805. The molecule has 4 heterocycles. The normalized spacial score (nSPS) is 17.0. The fourth-order valence-corrected chi connectivity index (χ4v) is 4.20. The fraction of sp³-hybridized carbons (Fsp3) is 0.471. The number of pyridine rings is 1. The molecule has 132 valence electrons. The Labute approximate surface area is 150 Å². The lowest BCUT2D eigenvalue weighted by molar-refractivity contribution is 0.0186. The van der Waals surface area contributed by atoms with Crippen molar-refractivity contribution in [1.29, 1.82) is 0 Å². The second kappa shape index (κ2) is 7.07. The first-order valence-electron chi connectivity index (χ1n) is 8.48. The molecule has 3 aromatic rings. The van der Waals surface area contributed by atoms with Crippen LogP contribution in [0.1, 0.15) is 17.3 Å². The summed E-state index contributed by atoms with van der Waals surface area (Å²) in [6.45, 7) is 6.24. The predicted molar refractivity (Wildman–Crippen MR) is 99.0 cm³/mol. The van der Waals surface area contributed by atoms with Crippen LogP contribution in [-0.4, -0.2) is 57.5 Å². The van der Waals surface area contributed by atoms with E-state index in [4.69, 9.17) is 9.72 Å². The van der Waals surface area contributed by atoms with E-state index in [2.05, 4.69) is 26.4 Å². The van der Waals surface area contributed by atoms with Crippen molar-refractivity contribution in [2.45, 2.75) is 13.0 Å². The first kappa shape index (κ1) is 16.4. The molecule has 1 aliphatic rings. The maximum Gasteiger partial charge on any atom is 0.185 e. The lowest BCUT2D eigenvalue weighted by Gasteiger charge is -2.34. The van der Waals surface area contributed by atoms with Crippen molar-refractivity contribution in [3.63, 3.8) is 0 Å². The number of hydrogen-bond acceptors (Lipinski definition) is 7. The van der Waals surface area contributed by atoms with Crippen molar-refractivity contribution in [3.05, 3.63) is 35.8 Å². The molecule has 25 heavy (non-hydrogen) atoms. The monoisotopic (exact) mass is 358 g/mol. The number of rotatable bonds is 5. The van der Waals surface area contributed by atoms with Crippen molar-refractivity contribution < 1.29 is 4.74 Å². The third-order valence-corrected chi connectivity index (χ3v) is 5.66. The number of hydrogen-bond donors (Lipinski definition) is 1. The van der Waals surface area contributed by atoms with Gasteiger partial charge in [-0.05, 0) is 18.6 Å². The van der Waals surface area contributed by atoms with Gasteiger partial charge in [-0.2, -0.15) is 5.10 Å². The Kier molecular flexibility index (Phi) is 4.65. The molecule has 0 unspecified atom stereocenters. The summed E-state index contributed by atoms with van der Waals surface area (Å²) >= 11 is 1.66. The molecule has 4 rings (SSSR count). The SMILES string of the molecule is Cc1nn(C)c2nc(NC[C@H](c3cccnc3)N3CCOCC3)sc12. The third-order valence-electron chi connectivity index (χ3n) is 4.55. The van der Waals surface area contributed by atoms with E-state index < -0.39 is 0 Å². The van der Waals surface area contributed by atoms with Gasteiger partial charge in [0.25, 0.3) is 0 Å². The van der Waals surface area contributed by atoms with E-state index >= 15 is 0 Å². The second-order valence-corrected chi connectivity index (χ2v) is 7.21. The molecule has 1 saturated heterocycles. The van der Waals surface area contributed by atoms with Crippen LogP contribution in [0.15, 0.2) is 24.5 Å². The van der Waals surface area contributed by atoms with E-state index in [1.54, 1.807) is 11.3 Å². The third kappa shape index (κ3) is 3.37. The standard InChI is InChI=1S/C17H22N6OS/c1-12-15-16(22(2)21-12)20-17(25-15)19-11-14(13-4-3-5-18-10-13)23-6-8-24-9-7-23/h3-5,10,14H,6-9,11H2,1-2H3,(H,19,20)/t14-/m1/s1.